The molecular formula is C19H12Cl2N6S. The zero-order valence-corrected chi connectivity index (χ0v) is 16.8. The minimum atomic E-state index is 0.466. The van der Waals surface area contributed by atoms with Crippen molar-refractivity contribution in [1.29, 1.82) is 0 Å². The van der Waals surface area contributed by atoms with Crippen LogP contribution < -0.4 is 5.32 Å². The van der Waals surface area contributed by atoms with Crippen molar-refractivity contribution in [1.82, 2.24) is 20.2 Å². The van der Waals surface area contributed by atoms with E-state index in [1.807, 2.05) is 18.2 Å². The SMILES string of the molecule is [C-]#[N+]c1c(-c2ccnc(NC)c2)sc(-c2nnc[nH]2)c1-c1ccc(Cl)cc1Cl. The van der Waals surface area contributed by atoms with Gasteiger partial charge in [0.2, 0.25) is 5.69 Å². The molecule has 0 fully saturated rings. The summed E-state index contributed by atoms with van der Waals surface area (Å²) in [5, 5.41) is 12.0. The van der Waals surface area contributed by atoms with Gasteiger partial charge in [-0.2, -0.15) is 0 Å². The van der Waals surface area contributed by atoms with E-state index in [9.17, 15) is 0 Å². The van der Waals surface area contributed by atoms with Gasteiger partial charge in [0.15, 0.2) is 5.82 Å². The molecule has 0 radical (unpaired) electrons. The monoisotopic (exact) mass is 426 g/mol. The van der Waals surface area contributed by atoms with Gasteiger partial charge in [0.25, 0.3) is 0 Å². The molecule has 28 heavy (non-hydrogen) atoms. The molecule has 9 heteroatoms. The molecule has 0 bridgehead atoms. The first-order valence-corrected chi connectivity index (χ1v) is 9.70. The van der Waals surface area contributed by atoms with Crippen LogP contribution >= 0.6 is 34.5 Å². The van der Waals surface area contributed by atoms with Crippen molar-refractivity contribution in [3.63, 3.8) is 0 Å². The number of H-pyrrole nitrogens is 1. The zero-order valence-electron chi connectivity index (χ0n) is 14.5. The highest BCUT2D eigenvalue weighted by Gasteiger charge is 2.25. The van der Waals surface area contributed by atoms with Gasteiger partial charge in [-0.1, -0.05) is 29.3 Å². The first kappa shape index (κ1) is 18.4. The van der Waals surface area contributed by atoms with Crippen LogP contribution in [0.5, 0.6) is 0 Å². The van der Waals surface area contributed by atoms with Gasteiger partial charge in [-0.15, -0.1) is 21.5 Å². The molecule has 0 saturated heterocycles. The molecule has 0 spiro atoms. The lowest BCUT2D eigenvalue weighted by Crippen LogP contribution is -1.91. The molecule has 0 unspecified atom stereocenters. The average Bonchev–Trinajstić information content (AvgIpc) is 3.35. The molecule has 6 nitrogen and oxygen atoms in total. The van der Waals surface area contributed by atoms with Crippen LogP contribution in [-0.2, 0) is 0 Å². The Labute approximate surface area is 175 Å². The van der Waals surface area contributed by atoms with Crippen LogP contribution in [-0.4, -0.2) is 27.2 Å². The third-order valence-corrected chi connectivity index (χ3v) is 5.89. The van der Waals surface area contributed by atoms with Crippen LogP contribution in [0.3, 0.4) is 0 Å². The summed E-state index contributed by atoms with van der Waals surface area (Å²) < 4.78 is 0. The standard InChI is InChI=1S/C19H12Cl2N6S/c1-22-14-7-10(5-6-24-14)17-16(23-2)15(12-4-3-11(20)8-13(12)21)18(28-17)19-25-9-26-27-19/h3-9H,1H3,(H,22,24)(H,25,26,27). The van der Waals surface area contributed by atoms with Gasteiger partial charge in [-0.3, -0.25) is 0 Å². The lowest BCUT2D eigenvalue weighted by atomic mass is 10.0. The van der Waals surface area contributed by atoms with Gasteiger partial charge >= 0.3 is 0 Å². The molecule has 0 saturated carbocycles. The largest absolute Gasteiger partial charge is 0.373 e. The Morgan fingerprint density at radius 1 is 1.18 bits per heavy atom. The minimum Gasteiger partial charge on any atom is -0.373 e. The second kappa shape index (κ2) is 7.60. The fourth-order valence-electron chi connectivity index (χ4n) is 2.86. The van der Waals surface area contributed by atoms with Crippen LogP contribution in [0.2, 0.25) is 10.0 Å². The highest BCUT2D eigenvalue weighted by Crippen LogP contribution is 2.53. The van der Waals surface area contributed by atoms with E-state index in [-0.39, 0.29) is 0 Å². The third kappa shape index (κ3) is 3.22. The number of nitrogens with zero attached hydrogens (tertiary/aromatic N) is 4. The number of nitrogens with one attached hydrogen (secondary N) is 2. The Balaban J connectivity index is 2.03. The summed E-state index contributed by atoms with van der Waals surface area (Å²) in [6.07, 6.45) is 3.21. The molecule has 2 N–H and O–H groups in total. The molecule has 0 amide bonds. The molecule has 0 aliphatic heterocycles. The number of rotatable bonds is 4. The number of aromatic nitrogens is 4. The molecule has 0 atom stereocenters. The number of halogens is 2. The molecule has 3 heterocycles. The van der Waals surface area contributed by atoms with Crippen molar-refractivity contribution < 1.29 is 0 Å². The van der Waals surface area contributed by atoms with Crippen molar-refractivity contribution in [3.05, 3.63) is 64.3 Å². The number of hydrogen-bond acceptors (Lipinski definition) is 5. The summed E-state index contributed by atoms with van der Waals surface area (Å²) in [4.78, 5) is 12.7. The second-order valence-corrected chi connectivity index (χ2v) is 7.60. The van der Waals surface area contributed by atoms with E-state index in [2.05, 4.69) is 30.3 Å². The number of anilines is 1. The van der Waals surface area contributed by atoms with E-state index >= 15 is 0 Å². The summed E-state index contributed by atoms with van der Waals surface area (Å²) in [5.74, 6) is 1.29. The maximum absolute atomic E-state index is 7.86. The number of hydrogen-bond donors (Lipinski definition) is 2. The van der Waals surface area contributed by atoms with Gasteiger partial charge in [-0.25, -0.2) is 9.83 Å². The van der Waals surface area contributed by atoms with Crippen molar-refractivity contribution in [2.24, 2.45) is 0 Å². The molecule has 3 aromatic heterocycles. The second-order valence-electron chi connectivity index (χ2n) is 5.74. The number of benzene rings is 1. The fraction of sp³-hybridized carbons (Fsp3) is 0.0526. The maximum Gasteiger partial charge on any atom is 0.213 e. The van der Waals surface area contributed by atoms with Gasteiger partial charge in [0.05, 0.1) is 11.4 Å². The molecule has 0 aliphatic carbocycles. The molecule has 0 aliphatic rings. The highest BCUT2D eigenvalue weighted by atomic mass is 35.5. The first-order valence-electron chi connectivity index (χ1n) is 8.12. The Morgan fingerprint density at radius 2 is 2.04 bits per heavy atom. The molecule has 138 valence electrons. The van der Waals surface area contributed by atoms with Crippen LogP contribution in [0.25, 0.3) is 37.1 Å². The van der Waals surface area contributed by atoms with E-state index < -0.39 is 0 Å². The number of thiophene rings is 1. The highest BCUT2D eigenvalue weighted by molar-refractivity contribution is 7.20. The summed E-state index contributed by atoms with van der Waals surface area (Å²) in [6.45, 7) is 7.86. The third-order valence-electron chi connectivity index (χ3n) is 4.11. The maximum atomic E-state index is 7.86. The molecule has 1 aromatic carbocycles. The zero-order chi connectivity index (χ0) is 19.7. The Kier molecular flexibility index (Phi) is 5.01. The summed E-state index contributed by atoms with van der Waals surface area (Å²) in [6, 6.07) is 9.01. The fourth-order valence-corrected chi connectivity index (χ4v) is 4.56. The normalized spacial score (nSPS) is 10.6. The van der Waals surface area contributed by atoms with E-state index in [0.717, 1.165) is 15.3 Å². The van der Waals surface area contributed by atoms with Crippen LogP contribution in [0.15, 0.2) is 42.9 Å². The smallest absolute Gasteiger partial charge is 0.213 e. The van der Waals surface area contributed by atoms with Gasteiger partial charge in [0, 0.05) is 33.7 Å². The Hall–Kier alpha value is -2.92. The summed E-state index contributed by atoms with van der Waals surface area (Å²) >= 11 is 14.0. The van der Waals surface area contributed by atoms with Crippen molar-refractivity contribution in [2.45, 2.75) is 0 Å². The van der Waals surface area contributed by atoms with Crippen molar-refractivity contribution in [3.8, 4) is 32.3 Å². The van der Waals surface area contributed by atoms with Gasteiger partial charge in [-0.05, 0) is 35.4 Å². The molecule has 4 aromatic rings. The van der Waals surface area contributed by atoms with E-state index in [1.54, 1.807) is 25.4 Å². The van der Waals surface area contributed by atoms with E-state index in [1.165, 1.54) is 17.7 Å². The summed E-state index contributed by atoms with van der Waals surface area (Å²) in [5.41, 5.74) is 2.80. The van der Waals surface area contributed by atoms with Crippen LogP contribution in [0.4, 0.5) is 11.5 Å². The average molecular weight is 427 g/mol. The van der Waals surface area contributed by atoms with Crippen molar-refractivity contribution in [2.75, 3.05) is 12.4 Å². The lowest BCUT2D eigenvalue weighted by molar-refractivity contribution is 1.10. The molecular weight excluding hydrogens is 415 g/mol. The minimum absolute atomic E-state index is 0.466. The van der Waals surface area contributed by atoms with Crippen LogP contribution in [0.1, 0.15) is 0 Å². The van der Waals surface area contributed by atoms with Gasteiger partial charge in [0.1, 0.15) is 12.1 Å². The topological polar surface area (TPSA) is 70.8 Å². The molecule has 4 rings (SSSR count). The lowest BCUT2D eigenvalue weighted by Gasteiger charge is -2.07. The van der Waals surface area contributed by atoms with Crippen LogP contribution in [0, 0.1) is 6.57 Å². The van der Waals surface area contributed by atoms with E-state index in [0.29, 0.717) is 38.5 Å². The van der Waals surface area contributed by atoms with Gasteiger partial charge < -0.3 is 10.3 Å². The quantitative estimate of drug-likeness (QED) is 0.383. The predicted molar refractivity (Wildman–Crippen MR) is 114 cm³/mol. The Bertz CT molecular complexity index is 1190. The van der Waals surface area contributed by atoms with Crippen molar-refractivity contribution >= 4 is 46.0 Å². The number of aromatic amines is 1. The Morgan fingerprint density at radius 3 is 2.71 bits per heavy atom. The summed E-state index contributed by atoms with van der Waals surface area (Å²) in [7, 11) is 1.80. The van der Waals surface area contributed by atoms with E-state index in [4.69, 9.17) is 29.8 Å². The first-order chi connectivity index (χ1) is 13.6. The number of pyridine rings is 1. The predicted octanol–water partition coefficient (Wildman–Crippen LogP) is 6.16.